The molecule has 5 nitrogen and oxygen atoms in total. The number of hydrogen-bond donors (Lipinski definition) is 1. The van der Waals surface area contributed by atoms with Gasteiger partial charge in [0.2, 0.25) is 11.8 Å². The summed E-state index contributed by atoms with van der Waals surface area (Å²) in [5, 5.41) is 7.28. The molecule has 2 atom stereocenters. The summed E-state index contributed by atoms with van der Waals surface area (Å²) in [6.45, 7) is 2.24. The van der Waals surface area contributed by atoms with E-state index in [1.54, 1.807) is 35.1 Å². The first kappa shape index (κ1) is 24.7. The summed E-state index contributed by atoms with van der Waals surface area (Å²) < 4.78 is 15.0. The van der Waals surface area contributed by atoms with E-state index in [2.05, 4.69) is 5.32 Å². The molecular weight excluding hydrogens is 489 g/mol. The fourth-order valence-electron chi connectivity index (χ4n) is 7.85. The van der Waals surface area contributed by atoms with Crippen LogP contribution in [-0.4, -0.2) is 29.4 Å². The highest BCUT2D eigenvalue weighted by molar-refractivity contribution is 6.31. The van der Waals surface area contributed by atoms with Crippen LogP contribution in [0.15, 0.2) is 48.5 Å². The van der Waals surface area contributed by atoms with Crippen molar-refractivity contribution < 1.29 is 14.0 Å². The first-order valence-corrected chi connectivity index (χ1v) is 14.2. The van der Waals surface area contributed by atoms with Crippen molar-refractivity contribution in [3.63, 3.8) is 0 Å². The van der Waals surface area contributed by atoms with Gasteiger partial charge in [0.25, 0.3) is 0 Å². The van der Waals surface area contributed by atoms with E-state index in [0.29, 0.717) is 35.5 Å². The Morgan fingerprint density at radius 3 is 2.32 bits per heavy atom. The molecule has 2 amide bonds. The highest BCUT2D eigenvalue weighted by atomic mass is 35.5. The largest absolute Gasteiger partial charge is 0.353 e. The van der Waals surface area contributed by atoms with Gasteiger partial charge >= 0.3 is 0 Å². The monoisotopic (exact) mass is 523 g/mol. The summed E-state index contributed by atoms with van der Waals surface area (Å²) in [5.41, 5.74) is 1.19. The van der Waals surface area contributed by atoms with E-state index in [9.17, 15) is 9.59 Å². The highest BCUT2D eigenvalue weighted by Crippen LogP contribution is 2.53. The molecule has 5 aliphatic rings. The molecule has 196 valence electrons. The maximum Gasteiger partial charge on any atom is 0.244 e. The van der Waals surface area contributed by atoms with E-state index in [1.807, 2.05) is 24.3 Å². The number of benzene rings is 2. The minimum Gasteiger partial charge on any atom is -0.353 e. The van der Waals surface area contributed by atoms with Crippen molar-refractivity contribution in [1.82, 2.24) is 10.3 Å². The van der Waals surface area contributed by atoms with Gasteiger partial charge in [-0.1, -0.05) is 48.9 Å². The zero-order valence-corrected chi connectivity index (χ0v) is 22.0. The smallest absolute Gasteiger partial charge is 0.244 e. The van der Waals surface area contributed by atoms with Gasteiger partial charge in [-0.25, -0.2) is 4.39 Å². The quantitative estimate of drug-likeness (QED) is 0.494. The minimum absolute atomic E-state index is 0.0439. The van der Waals surface area contributed by atoms with Crippen LogP contribution in [0.2, 0.25) is 5.02 Å². The lowest BCUT2D eigenvalue weighted by molar-refractivity contribution is -0.138. The number of hydrazine groups is 1. The highest BCUT2D eigenvalue weighted by Gasteiger charge is 2.49. The van der Waals surface area contributed by atoms with Crippen molar-refractivity contribution in [3.8, 4) is 0 Å². The number of amides is 2. The average molecular weight is 524 g/mol. The Kier molecular flexibility index (Phi) is 6.64. The van der Waals surface area contributed by atoms with Gasteiger partial charge in [0, 0.05) is 29.9 Å². The molecule has 1 aliphatic heterocycles. The van der Waals surface area contributed by atoms with Crippen LogP contribution >= 0.6 is 11.6 Å². The van der Waals surface area contributed by atoms with Crippen LogP contribution in [0.3, 0.4) is 0 Å². The van der Waals surface area contributed by atoms with Crippen molar-refractivity contribution in [2.75, 3.05) is 11.6 Å². The summed E-state index contributed by atoms with van der Waals surface area (Å²) in [6, 6.07) is 14.0. The number of anilines is 1. The van der Waals surface area contributed by atoms with Gasteiger partial charge in [0.15, 0.2) is 0 Å². The Morgan fingerprint density at radius 2 is 1.65 bits per heavy atom. The standard InChI is InChI=1S/C30H35ClFN3O2/c1-18(12-28(36)33-29-21-14-19-13-20(16-21)17-22(29)15-19)30(37)34-11-10-26(23-6-2-3-7-24(23)31)35(34)27-9-5-4-8-25(27)32/h2-9,18-22,26,29H,10-17H2,1H3,(H,33,36). The zero-order chi connectivity index (χ0) is 25.7. The number of rotatable bonds is 6. The molecule has 4 bridgehead atoms. The predicted octanol–water partition coefficient (Wildman–Crippen LogP) is 6.14. The third-order valence-electron chi connectivity index (χ3n) is 9.26. The SMILES string of the molecule is CC(CC(=O)NC1C2CC3CC(C2)CC1C3)C(=O)N1CCC(c2ccccc2Cl)N1c1ccccc1F. The third-order valence-corrected chi connectivity index (χ3v) is 9.60. The van der Waals surface area contributed by atoms with E-state index >= 15 is 4.39 Å². The second-order valence-electron chi connectivity index (χ2n) is 11.7. The van der Waals surface area contributed by atoms with Crippen LogP contribution in [0.1, 0.15) is 63.5 Å². The Balaban J connectivity index is 1.18. The molecule has 4 saturated carbocycles. The molecular formula is C30H35ClFN3O2. The van der Waals surface area contributed by atoms with Gasteiger partial charge in [0.05, 0.1) is 11.7 Å². The fourth-order valence-corrected chi connectivity index (χ4v) is 8.11. The summed E-state index contributed by atoms with van der Waals surface area (Å²) >= 11 is 6.52. The van der Waals surface area contributed by atoms with Crippen LogP contribution in [0.4, 0.5) is 10.1 Å². The van der Waals surface area contributed by atoms with Crippen molar-refractivity contribution in [2.45, 2.75) is 64.0 Å². The van der Waals surface area contributed by atoms with Gasteiger partial charge < -0.3 is 5.32 Å². The molecule has 1 heterocycles. The lowest BCUT2D eigenvalue weighted by atomic mass is 9.54. The number of hydrogen-bond acceptors (Lipinski definition) is 3. The van der Waals surface area contributed by atoms with Gasteiger partial charge in [-0.15, -0.1) is 0 Å². The van der Waals surface area contributed by atoms with Crippen LogP contribution in [-0.2, 0) is 9.59 Å². The van der Waals surface area contributed by atoms with E-state index < -0.39 is 11.7 Å². The number of para-hydroxylation sites is 1. The second kappa shape index (κ2) is 9.94. The first-order chi connectivity index (χ1) is 17.9. The summed E-state index contributed by atoms with van der Waals surface area (Å²) in [4.78, 5) is 26.9. The van der Waals surface area contributed by atoms with E-state index in [4.69, 9.17) is 11.6 Å². The zero-order valence-electron chi connectivity index (χ0n) is 21.3. The number of nitrogens with zero attached hydrogens (tertiary/aromatic N) is 2. The van der Waals surface area contributed by atoms with Crippen LogP contribution in [0.25, 0.3) is 0 Å². The van der Waals surface area contributed by atoms with Gasteiger partial charge in [0.1, 0.15) is 5.82 Å². The average Bonchev–Trinajstić information content (AvgIpc) is 3.30. The van der Waals surface area contributed by atoms with E-state index in [-0.39, 0.29) is 30.3 Å². The van der Waals surface area contributed by atoms with Crippen LogP contribution in [0.5, 0.6) is 0 Å². The topological polar surface area (TPSA) is 52.7 Å². The Hall–Kier alpha value is -2.60. The molecule has 1 saturated heterocycles. The molecule has 0 radical (unpaired) electrons. The van der Waals surface area contributed by atoms with Crippen molar-refractivity contribution in [2.24, 2.45) is 29.6 Å². The molecule has 7 rings (SSSR count). The molecule has 0 spiro atoms. The molecule has 2 aromatic carbocycles. The molecule has 37 heavy (non-hydrogen) atoms. The summed E-state index contributed by atoms with van der Waals surface area (Å²) in [7, 11) is 0. The van der Waals surface area contributed by atoms with E-state index in [1.165, 1.54) is 38.2 Å². The second-order valence-corrected chi connectivity index (χ2v) is 12.1. The van der Waals surface area contributed by atoms with Crippen molar-refractivity contribution in [1.29, 1.82) is 0 Å². The van der Waals surface area contributed by atoms with E-state index in [0.717, 1.165) is 17.4 Å². The molecule has 2 unspecified atom stereocenters. The van der Waals surface area contributed by atoms with Crippen LogP contribution < -0.4 is 10.3 Å². The molecule has 0 aromatic heterocycles. The third kappa shape index (κ3) is 4.62. The minimum atomic E-state index is -0.517. The van der Waals surface area contributed by atoms with Crippen LogP contribution in [0, 0.1) is 35.4 Å². The fraction of sp³-hybridized carbons (Fsp3) is 0.533. The molecule has 5 fully saturated rings. The first-order valence-electron chi connectivity index (χ1n) is 13.8. The van der Waals surface area contributed by atoms with Gasteiger partial charge in [-0.05, 0) is 86.0 Å². The normalized spacial score (nSPS) is 31.0. The Labute approximate surface area is 223 Å². The number of nitrogens with one attached hydrogen (secondary N) is 1. The van der Waals surface area contributed by atoms with Crippen molar-refractivity contribution in [3.05, 3.63) is 64.9 Å². The summed E-state index contributed by atoms with van der Waals surface area (Å²) in [5.74, 6) is 1.76. The number of carbonyl (C=O) groups excluding carboxylic acids is 2. The Bertz CT molecular complexity index is 1160. The molecule has 2 aromatic rings. The lowest BCUT2D eigenvalue weighted by Gasteiger charge is -2.54. The lowest BCUT2D eigenvalue weighted by Crippen LogP contribution is -2.56. The number of carbonyl (C=O) groups is 2. The molecule has 7 heteroatoms. The predicted molar refractivity (Wildman–Crippen MR) is 142 cm³/mol. The Morgan fingerprint density at radius 1 is 1.00 bits per heavy atom. The van der Waals surface area contributed by atoms with Gasteiger partial charge in [-0.2, -0.15) is 0 Å². The number of halogens is 2. The van der Waals surface area contributed by atoms with Gasteiger partial charge in [-0.3, -0.25) is 19.6 Å². The van der Waals surface area contributed by atoms with Crippen molar-refractivity contribution >= 4 is 29.1 Å². The molecule has 4 aliphatic carbocycles. The maximum absolute atomic E-state index is 15.0. The maximum atomic E-state index is 15.0. The summed E-state index contributed by atoms with van der Waals surface area (Å²) in [6.07, 6.45) is 7.09. The molecule has 1 N–H and O–H groups in total.